The molecule has 130 valence electrons. The van der Waals surface area contributed by atoms with Gasteiger partial charge in [0.15, 0.2) is 0 Å². The minimum Gasteiger partial charge on any atom is -0.481 e. The Bertz CT molecular complexity index is 1200. The number of nitrogens with zero attached hydrogens (tertiary/aromatic N) is 2. The number of benzene rings is 3. The highest BCUT2D eigenvalue weighted by atomic mass is 16.5. The number of rotatable bonds is 3. The molecule has 0 saturated heterocycles. The maximum atomic E-state index is 5.24. The largest absolute Gasteiger partial charge is 0.481 e. The smallest absolute Gasteiger partial charge is 0.213 e. The van der Waals surface area contributed by atoms with Crippen LogP contribution in [0.5, 0.6) is 5.88 Å². The first-order chi connectivity index (χ1) is 13.3. The summed E-state index contributed by atoms with van der Waals surface area (Å²) in [6, 6.07) is 31.4. The van der Waals surface area contributed by atoms with Gasteiger partial charge >= 0.3 is 0 Å². The zero-order valence-corrected chi connectivity index (χ0v) is 15.0. The molecule has 0 amide bonds. The molecule has 27 heavy (non-hydrogen) atoms. The van der Waals surface area contributed by atoms with Crippen molar-refractivity contribution in [2.24, 2.45) is 0 Å². The van der Waals surface area contributed by atoms with Crippen LogP contribution in [0.1, 0.15) is 0 Å². The molecule has 0 spiro atoms. The summed E-state index contributed by atoms with van der Waals surface area (Å²) in [6.45, 7) is 0. The van der Waals surface area contributed by atoms with E-state index in [2.05, 4.69) is 82.3 Å². The Balaban J connectivity index is 1.67. The number of methoxy groups -OCH3 is 1. The molecule has 0 atom stereocenters. The van der Waals surface area contributed by atoms with Gasteiger partial charge in [0.25, 0.3) is 0 Å². The van der Waals surface area contributed by atoms with Gasteiger partial charge in [-0.15, -0.1) is 0 Å². The second kappa shape index (κ2) is 6.29. The van der Waals surface area contributed by atoms with Crippen LogP contribution in [-0.2, 0) is 0 Å². The fourth-order valence-electron chi connectivity index (χ4n) is 3.67. The minimum atomic E-state index is 0.624. The number of ether oxygens (including phenoxy) is 1. The first-order valence-corrected chi connectivity index (χ1v) is 8.95. The second-order valence-corrected chi connectivity index (χ2v) is 6.48. The molecule has 0 unspecified atom stereocenters. The van der Waals surface area contributed by atoms with Crippen molar-refractivity contribution in [3.05, 3.63) is 91.0 Å². The van der Waals surface area contributed by atoms with Crippen molar-refractivity contribution < 1.29 is 4.74 Å². The fourth-order valence-corrected chi connectivity index (χ4v) is 3.67. The maximum absolute atomic E-state index is 5.24. The highest BCUT2D eigenvalue weighted by Crippen LogP contribution is 2.32. The van der Waals surface area contributed by atoms with Crippen LogP contribution in [-0.4, -0.2) is 16.7 Å². The van der Waals surface area contributed by atoms with E-state index in [1.165, 1.54) is 21.8 Å². The summed E-state index contributed by atoms with van der Waals surface area (Å²) in [4.78, 5) is 4.52. The molecule has 0 aliphatic heterocycles. The van der Waals surface area contributed by atoms with E-state index in [4.69, 9.17) is 4.74 Å². The lowest BCUT2D eigenvalue weighted by molar-refractivity contribution is 0.398. The predicted octanol–water partition coefficient (Wildman–Crippen LogP) is 5.85. The topological polar surface area (TPSA) is 27.1 Å². The molecule has 0 aliphatic rings. The lowest BCUT2D eigenvalue weighted by Crippen LogP contribution is -1.94. The number of pyridine rings is 1. The number of para-hydroxylation sites is 2. The van der Waals surface area contributed by atoms with E-state index >= 15 is 0 Å². The molecule has 3 nitrogen and oxygen atoms in total. The number of hydrogen-bond donors (Lipinski definition) is 0. The SMILES string of the molecule is COc1cccc(-c2ccc(-n3c4ccccc4c4ccccc43)cc2)n1. The van der Waals surface area contributed by atoms with E-state index in [-0.39, 0.29) is 0 Å². The van der Waals surface area contributed by atoms with Gasteiger partial charge in [-0.2, -0.15) is 0 Å². The first kappa shape index (κ1) is 15.6. The Morgan fingerprint density at radius 2 is 1.30 bits per heavy atom. The second-order valence-electron chi connectivity index (χ2n) is 6.48. The standard InChI is InChI=1S/C24H18N2O/c1-27-24-12-6-9-21(25-24)17-13-15-18(16-14-17)26-22-10-4-2-7-19(22)20-8-3-5-11-23(20)26/h2-16H,1H3. The van der Waals surface area contributed by atoms with E-state index in [1.807, 2.05) is 18.2 Å². The molecule has 0 aliphatic carbocycles. The first-order valence-electron chi connectivity index (χ1n) is 8.95. The van der Waals surface area contributed by atoms with Gasteiger partial charge in [0.05, 0.1) is 23.8 Å². The minimum absolute atomic E-state index is 0.624. The zero-order valence-electron chi connectivity index (χ0n) is 15.0. The summed E-state index contributed by atoms with van der Waals surface area (Å²) < 4.78 is 7.55. The van der Waals surface area contributed by atoms with Crippen molar-refractivity contribution in [2.75, 3.05) is 7.11 Å². The molecular weight excluding hydrogens is 332 g/mol. The van der Waals surface area contributed by atoms with E-state index in [0.29, 0.717) is 5.88 Å². The van der Waals surface area contributed by atoms with Crippen molar-refractivity contribution in [1.29, 1.82) is 0 Å². The van der Waals surface area contributed by atoms with Gasteiger partial charge < -0.3 is 9.30 Å². The van der Waals surface area contributed by atoms with Crippen molar-refractivity contribution in [2.45, 2.75) is 0 Å². The highest BCUT2D eigenvalue weighted by molar-refractivity contribution is 6.09. The number of fused-ring (bicyclic) bond motifs is 3. The van der Waals surface area contributed by atoms with E-state index in [1.54, 1.807) is 7.11 Å². The van der Waals surface area contributed by atoms with Crippen LogP contribution in [0.4, 0.5) is 0 Å². The Kier molecular flexibility index (Phi) is 3.65. The summed E-state index contributed by atoms with van der Waals surface area (Å²) in [6.07, 6.45) is 0. The van der Waals surface area contributed by atoms with E-state index < -0.39 is 0 Å². The molecule has 2 heterocycles. The molecule has 0 radical (unpaired) electrons. The van der Waals surface area contributed by atoms with E-state index in [9.17, 15) is 0 Å². The average Bonchev–Trinajstić information content (AvgIpc) is 3.08. The van der Waals surface area contributed by atoms with Gasteiger partial charge in [0, 0.05) is 28.1 Å². The molecule has 5 rings (SSSR count). The quantitative estimate of drug-likeness (QED) is 0.408. The Morgan fingerprint density at radius 1 is 0.667 bits per heavy atom. The molecular formula is C24H18N2O. The lowest BCUT2D eigenvalue weighted by Gasteiger charge is -2.09. The van der Waals surface area contributed by atoms with Crippen LogP contribution in [0.25, 0.3) is 38.8 Å². The number of aromatic nitrogens is 2. The van der Waals surface area contributed by atoms with Crippen LogP contribution < -0.4 is 4.74 Å². The third-order valence-corrected chi connectivity index (χ3v) is 4.93. The van der Waals surface area contributed by atoms with E-state index in [0.717, 1.165) is 16.9 Å². The molecule has 3 heteroatoms. The molecule has 0 fully saturated rings. The summed E-state index contributed by atoms with van der Waals surface area (Å²) in [5, 5.41) is 2.54. The summed E-state index contributed by atoms with van der Waals surface area (Å²) in [7, 11) is 1.64. The summed E-state index contributed by atoms with van der Waals surface area (Å²) in [5.74, 6) is 0.624. The van der Waals surface area contributed by atoms with Crippen LogP contribution in [0, 0.1) is 0 Å². The monoisotopic (exact) mass is 350 g/mol. The molecule has 0 N–H and O–H groups in total. The van der Waals surface area contributed by atoms with Gasteiger partial charge in [-0.05, 0) is 30.3 Å². The molecule has 2 aromatic heterocycles. The maximum Gasteiger partial charge on any atom is 0.213 e. The molecule has 5 aromatic rings. The fraction of sp³-hybridized carbons (Fsp3) is 0.0417. The number of hydrogen-bond acceptors (Lipinski definition) is 2. The average molecular weight is 350 g/mol. The van der Waals surface area contributed by atoms with Gasteiger partial charge in [-0.1, -0.05) is 54.6 Å². The molecule has 3 aromatic carbocycles. The van der Waals surface area contributed by atoms with Crippen molar-refractivity contribution in [3.8, 4) is 22.8 Å². The van der Waals surface area contributed by atoms with Crippen LogP contribution in [0.3, 0.4) is 0 Å². The van der Waals surface area contributed by atoms with Crippen LogP contribution in [0.15, 0.2) is 91.0 Å². The zero-order chi connectivity index (χ0) is 18.2. The Labute approximate surface area is 157 Å². The Morgan fingerprint density at radius 3 is 1.93 bits per heavy atom. The third-order valence-electron chi connectivity index (χ3n) is 4.93. The summed E-state index contributed by atoms with van der Waals surface area (Å²) in [5.41, 5.74) is 5.54. The predicted molar refractivity (Wildman–Crippen MR) is 111 cm³/mol. The van der Waals surface area contributed by atoms with Crippen molar-refractivity contribution in [1.82, 2.24) is 9.55 Å². The van der Waals surface area contributed by atoms with Crippen LogP contribution >= 0.6 is 0 Å². The Hall–Kier alpha value is -3.59. The van der Waals surface area contributed by atoms with Gasteiger partial charge in [-0.3, -0.25) is 0 Å². The third kappa shape index (κ3) is 2.56. The van der Waals surface area contributed by atoms with Crippen LogP contribution in [0.2, 0.25) is 0 Å². The summed E-state index contributed by atoms with van der Waals surface area (Å²) >= 11 is 0. The highest BCUT2D eigenvalue weighted by Gasteiger charge is 2.11. The van der Waals surface area contributed by atoms with Gasteiger partial charge in [0.2, 0.25) is 5.88 Å². The van der Waals surface area contributed by atoms with Crippen molar-refractivity contribution >= 4 is 21.8 Å². The molecule has 0 saturated carbocycles. The lowest BCUT2D eigenvalue weighted by atomic mass is 10.1. The normalized spacial score (nSPS) is 11.1. The molecule has 0 bridgehead atoms. The van der Waals surface area contributed by atoms with Crippen molar-refractivity contribution in [3.63, 3.8) is 0 Å². The van der Waals surface area contributed by atoms with Gasteiger partial charge in [-0.25, -0.2) is 4.98 Å². The van der Waals surface area contributed by atoms with Gasteiger partial charge in [0.1, 0.15) is 0 Å².